The van der Waals surface area contributed by atoms with Crippen LogP contribution in [0.2, 0.25) is 0 Å². The van der Waals surface area contributed by atoms with E-state index < -0.39 is 23.5 Å². The topological polar surface area (TPSA) is 66.8 Å². The highest BCUT2D eigenvalue weighted by atomic mass is 32.1. The maximum Gasteiger partial charge on any atom is 0.300 e. The van der Waals surface area contributed by atoms with Crippen molar-refractivity contribution in [2.75, 3.05) is 11.5 Å². The summed E-state index contributed by atoms with van der Waals surface area (Å²) in [4.78, 5) is 28.0. The fraction of sp³-hybridized carbons (Fsp3) is 0.167. The van der Waals surface area contributed by atoms with Gasteiger partial charge in [-0.15, -0.1) is 11.3 Å². The number of anilines is 1. The summed E-state index contributed by atoms with van der Waals surface area (Å²) in [6.07, 6.45) is 0.831. The molecule has 0 radical (unpaired) electrons. The quantitative estimate of drug-likeness (QED) is 0.323. The summed E-state index contributed by atoms with van der Waals surface area (Å²) in [5, 5.41) is 12.9. The van der Waals surface area contributed by atoms with E-state index in [-0.39, 0.29) is 11.3 Å². The summed E-state index contributed by atoms with van der Waals surface area (Å²) in [6.45, 7) is 2.51. The van der Waals surface area contributed by atoms with Crippen molar-refractivity contribution < 1.29 is 23.8 Å². The number of rotatable bonds is 6. The molecule has 1 aromatic heterocycles. The number of amides is 1. The molecule has 0 bridgehead atoms. The molecule has 7 heteroatoms. The molecule has 1 saturated heterocycles. The molecule has 1 amide bonds. The molecule has 1 atom stereocenters. The van der Waals surface area contributed by atoms with E-state index >= 15 is 0 Å². The minimum atomic E-state index is -0.814. The highest BCUT2D eigenvalue weighted by molar-refractivity contribution is 7.10. The van der Waals surface area contributed by atoms with Crippen molar-refractivity contribution in [3.8, 4) is 5.75 Å². The summed E-state index contributed by atoms with van der Waals surface area (Å²) in [7, 11) is 0. The van der Waals surface area contributed by atoms with Crippen LogP contribution >= 0.6 is 11.3 Å². The van der Waals surface area contributed by atoms with Gasteiger partial charge in [-0.3, -0.25) is 14.5 Å². The van der Waals surface area contributed by atoms with Crippen LogP contribution in [0.25, 0.3) is 5.76 Å². The normalized spacial score (nSPS) is 17.9. The van der Waals surface area contributed by atoms with Crippen molar-refractivity contribution in [2.24, 2.45) is 0 Å². The number of aliphatic hydroxyl groups excluding tert-OH is 1. The average molecular weight is 437 g/mol. The Morgan fingerprint density at radius 1 is 1.13 bits per heavy atom. The number of aliphatic hydroxyl groups is 1. The van der Waals surface area contributed by atoms with Crippen LogP contribution in [0.1, 0.15) is 29.8 Å². The first-order valence-corrected chi connectivity index (χ1v) is 10.7. The molecule has 1 aliphatic rings. The average Bonchev–Trinajstić information content (AvgIpc) is 3.40. The Balaban J connectivity index is 1.84. The Kier molecular flexibility index (Phi) is 5.86. The molecule has 5 nitrogen and oxygen atoms in total. The number of Topliss-reactive ketones (excluding diaryl/α,β-unsaturated/α-hetero) is 1. The van der Waals surface area contributed by atoms with E-state index in [4.69, 9.17) is 4.74 Å². The third kappa shape index (κ3) is 3.96. The van der Waals surface area contributed by atoms with Crippen LogP contribution in [0.3, 0.4) is 0 Å². The molecule has 2 aromatic carbocycles. The Labute approximate surface area is 183 Å². The van der Waals surface area contributed by atoms with Gasteiger partial charge in [0.15, 0.2) is 0 Å². The summed E-state index contributed by atoms with van der Waals surface area (Å²) in [5.41, 5.74) is 0.748. The van der Waals surface area contributed by atoms with Crippen molar-refractivity contribution >= 4 is 34.5 Å². The van der Waals surface area contributed by atoms with Gasteiger partial charge in [-0.05, 0) is 54.3 Å². The van der Waals surface area contributed by atoms with Gasteiger partial charge in [0.25, 0.3) is 11.7 Å². The van der Waals surface area contributed by atoms with Crippen LogP contribution in [0.5, 0.6) is 5.75 Å². The fourth-order valence-corrected chi connectivity index (χ4v) is 4.35. The smallest absolute Gasteiger partial charge is 0.300 e. The molecule has 0 saturated carbocycles. The third-order valence-electron chi connectivity index (χ3n) is 4.94. The van der Waals surface area contributed by atoms with Crippen molar-refractivity contribution in [3.63, 3.8) is 0 Å². The van der Waals surface area contributed by atoms with Crippen molar-refractivity contribution in [3.05, 3.63) is 87.9 Å². The van der Waals surface area contributed by atoms with Crippen molar-refractivity contribution in [1.82, 2.24) is 0 Å². The number of nitrogens with zero attached hydrogens (tertiary/aromatic N) is 1. The second-order valence-electron chi connectivity index (χ2n) is 7.04. The number of thiophene rings is 1. The Hall–Kier alpha value is -3.45. The van der Waals surface area contributed by atoms with Gasteiger partial charge in [-0.2, -0.15) is 0 Å². The van der Waals surface area contributed by atoms with E-state index in [0.29, 0.717) is 28.5 Å². The lowest BCUT2D eigenvalue weighted by Gasteiger charge is -2.24. The minimum Gasteiger partial charge on any atom is -0.507 e. The summed E-state index contributed by atoms with van der Waals surface area (Å²) >= 11 is 1.37. The predicted octanol–water partition coefficient (Wildman–Crippen LogP) is 5.30. The number of benzene rings is 2. The highest BCUT2D eigenvalue weighted by Gasteiger charge is 2.47. The lowest BCUT2D eigenvalue weighted by Crippen LogP contribution is -2.29. The minimum absolute atomic E-state index is 0.00980. The van der Waals surface area contributed by atoms with Gasteiger partial charge in [-0.1, -0.05) is 25.1 Å². The van der Waals surface area contributed by atoms with Gasteiger partial charge in [0.2, 0.25) is 0 Å². The fourth-order valence-electron chi connectivity index (χ4n) is 3.53. The van der Waals surface area contributed by atoms with E-state index in [9.17, 15) is 19.1 Å². The summed E-state index contributed by atoms with van der Waals surface area (Å²) in [5.74, 6) is -1.73. The zero-order chi connectivity index (χ0) is 22.0. The molecule has 158 valence electrons. The molecular formula is C24H20FNO4S. The standard InChI is InChI=1S/C24H20FNO4S/c1-2-12-30-18-6-3-5-15(14-18)22(27)20-21(19-7-4-13-31-19)26(24(29)23(20)28)17-10-8-16(25)9-11-17/h3-11,13-14,21,27H,2,12H2,1H3/b22-20-. The van der Waals surface area contributed by atoms with E-state index in [2.05, 4.69) is 0 Å². The van der Waals surface area contributed by atoms with Crippen molar-refractivity contribution in [2.45, 2.75) is 19.4 Å². The first kappa shape index (κ1) is 20.8. The SMILES string of the molecule is CCCOc1cccc(/C(O)=C2/C(=O)C(=O)N(c3ccc(F)cc3)C2c2cccs2)c1. The van der Waals surface area contributed by atoms with Crippen LogP contribution in [-0.2, 0) is 9.59 Å². The maximum atomic E-state index is 13.4. The second kappa shape index (κ2) is 8.73. The Morgan fingerprint density at radius 3 is 2.58 bits per heavy atom. The van der Waals surface area contributed by atoms with Gasteiger partial charge in [0.1, 0.15) is 23.4 Å². The number of halogens is 1. The molecule has 4 rings (SSSR count). The number of hydrogen-bond acceptors (Lipinski definition) is 5. The zero-order valence-corrected chi connectivity index (χ0v) is 17.6. The Bertz CT molecular complexity index is 1140. The number of carbonyl (C=O) groups excluding carboxylic acids is 2. The van der Waals surface area contributed by atoms with Gasteiger partial charge >= 0.3 is 0 Å². The van der Waals surface area contributed by atoms with Gasteiger partial charge < -0.3 is 9.84 Å². The Morgan fingerprint density at radius 2 is 1.90 bits per heavy atom. The van der Waals surface area contributed by atoms with E-state index in [1.807, 2.05) is 18.4 Å². The predicted molar refractivity (Wildman–Crippen MR) is 118 cm³/mol. The van der Waals surface area contributed by atoms with Crippen LogP contribution in [0.4, 0.5) is 10.1 Å². The van der Waals surface area contributed by atoms with Crippen LogP contribution in [-0.4, -0.2) is 23.4 Å². The van der Waals surface area contributed by atoms with Gasteiger partial charge in [-0.25, -0.2) is 4.39 Å². The van der Waals surface area contributed by atoms with Gasteiger partial charge in [0.05, 0.1) is 12.2 Å². The van der Waals surface area contributed by atoms with Gasteiger partial charge in [0, 0.05) is 16.1 Å². The lowest BCUT2D eigenvalue weighted by molar-refractivity contribution is -0.132. The molecule has 2 heterocycles. The number of ether oxygens (including phenoxy) is 1. The zero-order valence-electron chi connectivity index (χ0n) is 16.7. The number of ketones is 1. The van der Waals surface area contributed by atoms with Crippen LogP contribution < -0.4 is 9.64 Å². The first-order chi connectivity index (χ1) is 15.0. The molecular weight excluding hydrogens is 417 g/mol. The number of carbonyl (C=O) groups is 2. The highest BCUT2D eigenvalue weighted by Crippen LogP contribution is 2.43. The van der Waals surface area contributed by atoms with Crippen LogP contribution in [0.15, 0.2) is 71.6 Å². The third-order valence-corrected chi connectivity index (χ3v) is 5.87. The maximum absolute atomic E-state index is 13.4. The molecule has 31 heavy (non-hydrogen) atoms. The molecule has 1 aliphatic heterocycles. The molecule has 1 fully saturated rings. The molecule has 0 aliphatic carbocycles. The monoisotopic (exact) mass is 437 g/mol. The van der Waals surface area contributed by atoms with E-state index in [1.165, 1.54) is 40.5 Å². The lowest BCUT2D eigenvalue weighted by atomic mass is 9.99. The van der Waals surface area contributed by atoms with E-state index in [0.717, 1.165) is 6.42 Å². The van der Waals surface area contributed by atoms with Crippen LogP contribution in [0, 0.1) is 5.82 Å². The largest absolute Gasteiger partial charge is 0.507 e. The molecule has 3 aromatic rings. The molecule has 1 unspecified atom stereocenters. The molecule has 0 spiro atoms. The first-order valence-electron chi connectivity index (χ1n) is 9.84. The summed E-state index contributed by atoms with van der Waals surface area (Å²) < 4.78 is 19.1. The number of hydrogen-bond donors (Lipinski definition) is 1. The summed E-state index contributed by atoms with van der Waals surface area (Å²) in [6, 6.07) is 14.9. The molecule has 1 N–H and O–H groups in total. The second-order valence-corrected chi connectivity index (χ2v) is 8.02. The van der Waals surface area contributed by atoms with Crippen molar-refractivity contribution in [1.29, 1.82) is 0 Å². The van der Waals surface area contributed by atoms with E-state index in [1.54, 1.807) is 30.3 Å².